The smallest absolute Gasteiger partial charge is 0.233 e. The topological polar surface area (TPSA) is 69.6 Å². The van der Waals surface area contributed by atoms with Crippen LogP contribution in [0.2, 0.25) is 0 Å². The summed E-state index contributed by atoms with van der Waals surface area (Å²) in [5, 5.41) is 2.95. The molecule has 29 heavy (non-hydrogen) atoms. The normalized spacial score (nSPS) is 14.9. The number of amides is 1. The van der Waals surface area contributed by atoms with Gasteiger partial charge in [-0.1, -0.05) is 30.3 Å². The van der Waals surface area contributed by atoms with Gasteiger partial charge in [0.15, 0.2) is 0 Å². The molecular formula is C23H22N2O4. The van der Waals surface area contributed by atoms with Gasteiger partial charge < -0.3 is 19.4 Å². The first-order chi connectivity index (χ1) is 14.1. The van der Waals surface area contributed by atoms with Crippen LogP contribution in [0, 0.1) is 0 Å². The van der Waals surface area contributed by atoms with E-state index < -0.39 is 0 Å². The summed E-state index contributed by atoms with van der Waals surface area (Å²) in [7, 11) is 3.13. The number of nitrogens with zero attached hydrogens (tertiary/aromatic N) is 1. The molecule has 6 heteroatoms. The number of ether oxygens (including phenoxy) is 2. The predicted molar refractivity (Wildman–Crippen MR) is 110 cm³/mol. The number of carbonyl (C=O) groups is 2. The highest BCUT2D eigenvalue weighted by Crippen LogP contribution is 2.34. The van der Waals surface area contributed by atoms with Crippen molar-refractivity contribution in [1.29, 1.82) is 0 Å². The average molecular weight is 390 g/mol. The molecule has 0 saturated heterocycles. The molecular weight excluding hydrogens is 368 g/mol. The fourth-order valence-corrected chi connectivity index (χ4v) is 3.77. The van der Waals surface area contributed by atoms with Gasteiger partial charge in [0.2, 0.25) is 11.7 Å². The number of carbonyl (C=O) groups excluding carboxylic acids is 2. The Bertz CT molecular complexity index is 1060. The molecule has 0 bridgehead atoms. The molecule has 0 spiro atoms. The van der Waals surface area contributed by atoms with Gasteiger partial charge in [-0.25, -0.2) is 0 Å². The van der Waals surface area contributed by atoms with Crippen LogP contribution in [-0.4, -0.2) is 30.5 Å². The van der Waals surface area contributed by atoms with E-state index in [0.717, 1.165) is 5.69 Å². The van der Waals surface area contributed by atoms with Crippen molar-refractivity contribution in [3.63, 3.8) is 0 Å². The number of anilines is 1. The molecule has 0 radical (unpaired) electrons. The number of fused-ring (bicyclic) bond motifs is 1. The van der Waals surface area contributed by atoms with Crippen LogP contribution < -0.4 is 14.8 Å². The number of benzene rings is 2. The summed E-state index contributed by atoms with van der Waals surface area (Å²) in [5.41, 5.74) is 2.70. The molecule has 0 fully saturated rings. The van der Waals surface area contributed by atoms with E-state index in [0.29, 0.717) is 41.4 Å². The van der Waals surface area contributed by atoms with Gasteiger partial charge in [0, 0.05) is 23.9 Å². The molecule has 0 aliphatic carbocycles. The molecule has 6 nitrogen and oxygen atoms in total. The maximum Gasteiger partial charge on any atom is 0.233 e. The molecule has 3 aromatic rings. The molecule has 1 aliphatic heterocycles. The summed E-state index contributed by atoms with van der Waals surface area (Å²) in [6.45, 7) is 0.633. The third-order valence-corrected chi connectivity index (χ3v) is 5.26. The van der Waals surface area contributed by atoms with Crippen molar-refractivity contribution in [1.82, 2.24) is 4.57 Å². The second kappa shape index (κ2) is 7.83. The molecule has 4 rings (SSSR count). The first kappa shape index (κ1) is 18.8. The summed E-state index contributed by atoms with van der Waals surface area (Å²) in [5.74, 6) is 0.711. The van der Waals surface area contributed by atoms with Gasteiger partial charge in [-0.15, -0.1) is 0 Å². The minimum atomic E-state index is -0.320. The van der Waals surface area contributed by atoms with Gasteiger partial charge >= 0.3 is 0 Å². The summed E-state index contributed by atoms with van der Waals surface area (Å²) in [4.78, 5) is 25.8. The van der Waals surface area contributed by atoms with E-state index in [1.165, 1.54) is 0 Å². The third kappa shape index (κ3) is 3.49. The molecule has 1 atom stereocenters. The number of rotatable bonds is 6. The van der Waals surface area contributed by atoms with Gasteiger partial charge in [0.1, 0.15) is 11.5 Å². The highest BCUT2D eigenvalue weighted by molar-refractivity contribution is 6.08. The maximum absolute atomic E-state index is 13.0. The molecule has 1 aromatic heterocycles. The van der Waals surface area contributed by atoms with E-state index in [2.05, 4.69) is 5.32 Å². The lowest BCUT2D eigenvalue weighted by molar-refractivity contribution is -0.117. The zero-order valence-electron chi connectivity index (χ0n) is 16.3. The van der Waals surface area contributed by atoms with E-state index in [4.69, 9.17) is 9.47 Å². The molecule has 2 heterocycles. The van der Waals surface area contributed by atoms with Gasteiger partial charge in [-0.3, -0.25) is 9.59 Å². The summed E-state index contributed by atoms with van der Waals surface area (Å²) < 4.78 is 12.5. The minimum Gasteiger partial charge on any atom is -0.497 e. The van der Waals surface area contributed by atoms with Crippen LogP contribution in [0.4, 0.5) is 5.69 Å². The zero-order chi connectivity index (χ0) is 20.4. The highest BCUT2D eigenvalue weighted by Gasteiger charge is 2.32. The van der Waals surface area contributed by atoms with Crippen molar-refractivity contribution < 1.29 is 19.1 Å². The summed E-state index contributed by atoms with van der Waals surface area (Å²) in [6.07, 6.45) is 0.648. The van der Waals surface area contributed by atoms with Crippen molar-refractivity contribution >= 4 is 17.4 Å². The molecule has 1 aliphatic rings. The van der Waals surface area contributed by atoms with Gasteiger partial charge in [0.05, 0.1) is 31.5 Å². The third-order valence-electron chi connectivity index (χ3n) is 5.26. The summed E-state index contributed by atoms with van der Waals surface area (Å²) >= 11 is 0. The fourth-order valence-electron chi connectivity index (χ4n) is 3.77. The zero-order valence-corrected chi connectivity index (χ0v) is 16.3. The van der Waals surface area contributed by atoms with Crippen LogP contribution in [0.15, 0.2) is 60.7 Å². The van der Waals surface area contributed by atoms with Crippen molar-refractivity contribution in [2.45, 2.75) is 18.9 Å². The lowest BCUT2D eigenvalue weighted by Crippen LogP contribution is -2.19. The number of aromatic nitrogens is 1. The maximum atomic E-state index is 13.0. The Morgan fingerprint density at radius 2 is 1.79 bits per heavy atom. The number of nitrogens with one attached hydrogen (secondary N) is 1. The second-order valence-corrected chi connectivity index (χ2v) is 6.89. The highest BCUT2D eigenvalue weighted by atomic mass is 16.5. The number of hydrogen-bond acceptors (Lipinski definition) is 4. The molecule has 1 N–H and O–H groups in total. The molecule has 148 valence electrons. The van der Waals surface area contributed by atoms with Crippen LogP contribution in [-0.2, 0) is 11.3 Å². The van der Waals surface area contributed by atoms with Crippen molar-refractivity contribution in [3.8, 4) is 11.5 Å². The predicted octanol–water partition coefficient (Wildman–Crippen LogP) is 3.86. The van der Waals surface area contributed by atoms with E-state index in [9.17, 15) is 9.59 Å². The average Bonchev–Trinajstić information content (AvgIpc) is 3.36. The second-order valence-electron chi connectivity index (χ2n) is 6.89. The Labute approximate surface area is 169 Å². The Morgan fingerprint density at radius 1 is 1.00 bits per heavy atom. The fraction of sp³-hybridized carbons (Fsp3) is 0.217. The SMILES string of the molecule is COc1ccc(NC(=O)[C@H]2CCn3c(C(=O)c4ccccc4)ccc32)c(OC)c1. The quantitative estimate of drug-likeness (QED) is 0.649. The Hall–Kier alpha value is -3.54. The van der Waals surface area contributed by atoms with Gasteiger partial charge in [-0.05, 0) is 30.7 Å². The molecule has 0 saturated carbocycles. The van der Waals surface area contributed by atoms with Crippen molar-refractivity contribution in [2.75, 3.05) is 19.5 Å². The van der Waals surface area contributed by atoms with Crippen molar-refractivity contribution in [3.05, 3.63) is 77.6 Å². The molecule has 2 aromatic carbocycles. The number of methoxy groups -OCH3 is 2. The number of ketones is 1. The Morgan fingerprint density at radius 3 is 2.52 bits per heavy atom. The van der Waals surface area contributed by atoms with Crippen LogP contribution in [0.5, 0.6) is 11.5 Å². The summed E-state index contributed by atoms with van der Waals surface area (Å²) in [6, 6.07) is 18.1. The van der Waals surface area contributed by atoms with Crippen LogP contribution in [0.25, 0.3) is 0 Å². The van der Waals surface area contributed by atoms with E-state index in [-0.39, 0.29) is 17.6 Å². The largest absolute Gasteiger partial charge is 0.497 e. The van der Waals surface area contributed by atoms with Gasteiger partial charge in [-0.2, -0.15) is 0 Å². The minimum absolute atomic E-state index is 0.0327. The first-order valence-electron chi connectivity index (χ1n) is 9.44. The van der Waals surface area contributed by atoms with Crippen LogP contribution in [0.1, 0.15) is 34.1 Å². The van der Waals surface area contributed by atoms with E-state index in [1.807, 2.05) is 28.8 Å². The van der Waals surface area contributed by atoms with Crippen LogP contribution >= 0.6 is 0 Å². The Balaban J connectivity index is 1.55. The van der Waals surface area contributed by atoms with Gasteiger partial charge in [0.25, 0.3) is 0 Å². The lowest BCUT2D eigenvalue weighted by atomic mass is 10.0. The lowest BCUT2D eigenvalue weighted by Gasteiger charge is -2.14. The van der Waals surface area contributed by atoms with Crippen LogP contribution in [0.3, 0.4) is 0 Å². The standard InChI is InChI=1S/C23H22N2O4/c1-28-16-8-9-18(21(14-16)29-2)24-23(27)17-12-13-25-19(17)10-11-20(25)22(26)15-6-4-3-5-7-15/h3-11,14,17H,12-13H2,1-2H3,(H,24,27)/t17-/m0/s1. The molecule has 1 amide bonds. The Kier molecular flexibility index (Phi) is 5.08. The van der Waals surface area contributed by atoms with E-state index >= 15 is 0 Å². The number of hydrogen-bond donors (Lipinski definition) is 1. The molecule has 0 unspecified atom stereocenters. The van der Waals surface area contributed by atoms with Crippen molar-refractivity contribution in [2.24, 2.45) is 0 Å². The monoisotopic (exact) mass is 390 g/mol. The van der Waals surface area contributed by atoms with E-state index in [1.54, 1.807) is 50.6 Å². The first-order valence-corrected chi connectivity index (χ1v) is 9.44.